The molecule has 0 amide bonds. The van der Waals surface area contributed by atoms with Crippen LogP contribution in [0.5, 0.6) is 5.75 Å². The van der Waals surface area contributed by atoms with Crippen LogP contribution >= 0.6 is 15.9 Å². The smallest absolute Gasteiger partial charge is 0.119 e. The van der Waals surface area contributed by atoms with Crippen LogP contribution in [0, 0.1) is 0 Å². The van der Waals surface area contributed by atoms with Gasteiger partial charge in [-0.3, -0.25) is 0 Å². The number of ether oxygens (including phenoxy) is 1. The van der Waals surface area contributed by atoms with Crippen molar-refractivity contribution in [3.8, 4) is 5.75 Å². The van der Waals surface area contributed by atoms with E-state index < -0.39 is 0 Å². The van der Waals surface area contributed by atoms with Crippen molar-refractivity contribution in [2.24, 2.45) is 5.73 Å². The lowest BCUT2D eigenvalue weighted by Gasteiger charge is -2.24. The Morgan fingerprint density at radius 1 is 1.38 bits per heavy atom. The maximum Gasteiger partial charge on any atom is 0.119 e. The van der Waals surface area contributed by atoms with Crippen molar-refractivity contribution >= 4 is 15.9 Å². The monoisotopic (exact) mass is 283 g/mol. The normalized spacial score (nSPS) is 18.7. The Balaban J connectivity index is 2.19. The van der Waals surface area contributed by atoms with E-state index in [1.807, 2.05) is 12.1 Å². The number of halogens is 1. The second-order valence-corrected chi connectivity index (χ2v) is 5.56. The maximum atomic E-state index is 6.39. The molecule has 0 atom stereocenters. The van der Waals surface area contributed by atoms with E-state index in [9.17, 15) is 0 Å². The summed E-state index contributed by atoms with van der Waals surface area (Å²) in [5.74, 6) is 0.903. The Labute approximate surface area is 105 Å². The highest BCUT2D eigenvalue weighted by atomic mass is 79.9. The average molecular weight is 284 g/mol. The molecule has 0 heterocycles. The van der Waals surface area contributed by atoms with E-state index in [-0.39, 0.29) is 5.54 Å². The third kappa shape index (κ3) is 2.58. The minimum absolute atomic E-state index is 0.00507. The Morgan fingerprint density at radius 2 is 2.06 bits per heavy atom. The fourth-order valence-electron chi connectivity index (χ4n) is 2.45. The highest BCUT2D eigenvalue weighted by Gasteiger charge is 2.30. The van der Waals surface area contributed by atoms with E-state index in [1.165, 1.54) is 18.4 Å². The highest BCUT2D eigenvalue weighted by Crippen LogP contribution is 2.33. The number of hydrogen-bond donors (Lipinski definition) is 1. The van der Waals surface area contributed by atoms with Gasteiger partial charge >= 0.3 is 0 Å². The van der Waals surface area contributed by atoms with E-state index in [2.05, 4.69) is 22.0 Å². The van der Waals surface area contributed by atoms with Gasteiger partial charge in [-0.1, -0.05) is 28.8 Å². The topological polar surface area (TPSA) is 35.2 Å². The molecular formula is C13H18BrNO. The molecule has 2 rings (SSSR count). The zero-order valence-electron chi connectivity index (χ0n) is 9.63. The van der Waals surface area contributed by atoms with Gasteiger partial charge in [0.25, 0.3) is 0 Å². The third-order valence-corrected chi connectivity index (χ3v) is 4.17. The summed E-state index contributed by atoms with van der Waals surface area (Å²) < 4.78 is 6.38. The van der Waals surface area contributed by atoms with Gasteiger partial charge in [-0.25, -0.2) is 0 Å². The lowest BCUT2D eigenvalue weighted by Crippen LogP contribution is -2.38. The number of hydrogen-bond acceptors (Lipinski definition) is 2. The van der Waals surface area contributed by atoms with Gasteiger partial charge < -0.3 is 10.5 Å². The Morgan fingerprint density at radius 3 is 2.69 bits per heavy atom. The molecule has 1 saturated carbocycles. The standard InChI is InChI=1S/C13H18BrNO/c1-16-11-4-5-12(14)10(8-11)9-13(15)6-2-3-7-13/h4-5,8H,2-3,6-7,9,15H2,1H3. The van der Waals surface area contributed by atoms with Crippen LogP contribution in [0.4, 0.5) is 0 Å². The molecule has 1 fully saturated rings. The summed E-state index contributed by atoms with van der Waals surface area (Å²) in [7, 11) is 1.70. The first kappa shape index (κ1) is 11.9. The molecule has 2 N–H and O–H groups in total. The van der Waals surface area contributed by atoms with Gasteiger partial charge in [0.2, 0.25) is 0 Å². The first-order valence-corrected chi connectivity index (χ1v) is 6.54. The summed E-state index contributed by atoms with van der Waals surface area (Å²) in [6.07, 6.45) is 5.73. The summed E-state index contributed by atoms with van der Waals surface area (Å²) in [6, 6.07) is 6.08. The Hall–Kier alpha value is -0.540. The van der Waals surface area contributed by atoms with E-state index in [0.717, 1.165) is 29.5 Å². The molecule has 3 heteroatoms. The fourth-order valence-corrected chi connectivity index (χ4v) is 2.84. The lowest BCUT2D eigenvalue weighted by atomic mass is 9.90. The van der Waals surface area contributed by atoms with Crippen LogP contribution in [-0.4, -0.2) is 12.6 Å². The molecule has 88 valence electrons. The first-order chi connectivity index (χ1) is 7.63. The second kappa shape index (κ2) is 4.76. The van der Waals surface area contributed by atoms with Gasteiger partial charge in [0.15, 0.2) is 0 Å². The largest absolute Gasteiger partial charge is 0.497 e. The maximum absolute atomic E-state index is 6.39. The molecule has 1 aromatic carbocycles. The highest BCUT2D eigenvalue weighted by molar-refractivity contribution is 9.10. The lowest BCUT2D eigenvalue weighted by molar-refractivity contribution is 0.410. The van der Waals surface area contributed by atoms with Crippen molar-refractivity contribution < 1.29 is 4.74 Å². The molecule has 2 nitrogen and oxygen atoms in total. The molecule has 0 saturated heterocycles. The summed E-state index contributed by atoms with van der Waals surface area (Å²) >= 11 is 3.58. The van der Waals surface area contributed by atoms with Gasteiger partial charge in [0.1, 0.15) is 5.75 Å². The zero-order chi connectivity index (χ0) is 11.6. The predicted octanol–water partition coefficient (Wildman–Crippen LogP) is 3.27. The molecule has 0 aromatic heterocycles. The molecule has 1 aromatic rings. The molecule has 16 heavy (non-hydrogen) atoms. The minimum atomic E-state index is -0.00507. The summed E-state index contributed by atoms with van der Waals surface area (Å²) in [4.78, 5) is 0. The molecular weight excluding hydrogens is 266 g/mol. The van der Waals surface area contributed by atoms with E-state index in [1.54, 1.807) is 7.11 Å². The van der Waals surface area contributed by atoms with Gasteiger partial charge in [-0.15, -0.1) is 0 Å². The Bertz CT molecular complexity index is 372. The number of methoxy groups -OCH3 is 1. The number of benzene rings is 1. The third-order valence-electron chi connectivity index (χ3n) is 3.39. The summed E-state index contributed by atoms with van der Waals surface area (Å²) in [5.41, 5.74) is 7.64. The van der Waals surface area contributed by atoms with Gasteiger partial charge in [0.05, 0.1) is 7.11 Å². The summed E-state index contributed by atoms with van der Waals surface area (Å²) in [5, 5.41) is 0. The van der Waals surface area contributed by atoms with Crippen LogP contribution in [0.1, 0.15) is 31.2 Å². The van der Waals surface area contributed by atoms with Crippen molar-refractivity contribution in [1.29, 1.82) is 0 Å². The second-order valence-electron chi connectivity index (χ2n) is 4.70. The quantitative estimate of drug-likeness (QED) is 0.924. The van der Waals surface area contributed by atoms with Crippen LogP contribution in [0.2, 0.25) is 0 Å². The van der Waals surface area contributed by atoms with Crippen LogP contribution in [0.3, 0.4) is 0 Å². The van der Waals surface area contributed by atoms with Gasteiger partial charge in [-0.2, -0.15) is 0 Å². The van der Waals surface area contributed by atoms with Crippen LogP contribution in [0.15, 0.2) is 22.7 Å². The molecule has 0 spiro atoms. The first-order valence-electron chi connectivity index (χ1n) is 5.74. The van der Waals surface area contributed by atoms with Gasteiger partial charge in [-0.05, 0) is 43.0 Å². The Kier molecular flexibility index (Phi) is 3.55. The van der Waals surface area contributed by atoms with Crippen LogP contribution in [0.25, 0.3) is 0 Å². The molecule has 0 aliphatic heterocycles. The van der Waals surface area contributed by atoms with Crippen molar-refractivity contribution in [3.63, 3.8) is 0 Å². The molecule has 0 radical (unpaired) electrons. The number of rotatable bonds is 3. The van der Waals surface area contributed by atoms with Gasteiger partial charge in [0, 0.05) is 10.0 Å². The summed E-state index contributed by atoms with van der Waals surface area (Å²) in [6.45, 7) is 0. The molecule has 1 aliphatic rings. The predicted molar refractivity (Wildman–Crippen MR) is 69.8 cm³/mol. The average Bonchev–Trinajstić information content (AvgIpc) is 2.68. The van der Waals surface area contributed by atoms with Crippen molar-refractivity contribution in [3.05, 3.63) is 28.2 Å². The molecule has 0 unspecified atom stereocenters. The van der Waals surface area contributed by atoms with Crippen molar-refractivity contribution in [2.45, 2.75) is 37.6 Å². The zero-order valence-corrected chi connectivity index (χ0v) is 11.2. The van der Waals surface area contributed by atoms with Crippen molar-refractivity contribution in [1.82, 2.24) is 0 Å². The molecule has 1 aliphatic carbocycles. The van der Waals surface area contributed by atoms with E-state index in [0.29, 0.717) is 0 Å². The molecule has 0 bridgehead atoms. The van der Waals surface area contributed by atoms with Crippen LogP contribution in [-0.2, 0) is 6.42 Å². The van der Waals surface area contributed by atoms with Crippen LogP contribution < -0.4 is 10.5 Å². The van der Waals surface area contributed by atoms with E-state index in [4.69, 9.17) is 10.5 Å². The fraction of sp³-hybridized carbons (Fsp3) is 0.538. The van der Waals surface area contributed by atoms with Crippen molar-refractivity contribution in [2.75, 3.05) is 7.11 Å². The number of nitrogens with two attached hydrogens (primary N) is 1. The van der Waals surface area contributed by atoms with E-state index >= 15 is 0 Å². The SMILES string of the molecule is COc1ccc(Br)c(CC2(N)CCCC2)c1. The minimum Gasteiger partial charge on any atom is -0.497 e.